The summed E-state index contributed by atoms with van der Waals surface area (Å²) < 4.78 is 0. The molecule has 31 heavy (non-hydrogen) atoms. The molecule has 8 nitrogen and oxygen atoms in total. The number of anilines is 2. The Kier molecular flexibility index (Phi) is 5.05. The van der Waals surface area contributed by atoms with Gasteiger partial charge < -0.3 is 4.90 Å². The number of aromatic amines is 1. The van der Waals surface area contributed by atoms with E-state index in [1.54, 1.807) is 11.8 Å². The summed E-state index contributed by atoms with van der Waals surface area (Å²) in [5.41, 5.74) is 6.46. The number of thioether (sulfide) groups is 1. The molecule has 0 radical (unpaired) electrons. The van der Waals surface area contributed by atoms with Crippen LogP contribution in [0.15, 0.2) is 60.8 Å². The van der Waals surface area contributed by atoms with Gasteiger partial charge in [0.15, 0.2) is 17.1 Å². The Balaban J connectivity index is 1.44. The SMILES string of the molecule is CSC1N(N)c2c(C)ccnc2N1Cc1ccc(-c2ccccc2-c2nnn[nH]2)cc1. The molecule has 9 heteroatoms. The fourth-order valence-corrected chi connectivity index (χ4v) is 4.79. The summed E-state index contributed by atoms with van der Waals surface area (Å²) in [6, 6.07) is 18.6. The van der Waals surface area contributed by atoms with E-state index >= 15 is 0 Å². The minimum atomic E-state index is 0.00274. The topological polar surface area (TPSA) is 99.8 Å². The summed E-state index contributed by atoms with van der Waals surface area (Å²) in [5.74, 6) is 8.00. The molecule has 156 valence electrons. The zero-order valence-corrected chi connectivity index (χ0v) is 18.0. The number of aryl methyl sites for hydroxylation is 1. The molecule has 5 rings (SSSR count). The predicted molar refractivity (Wildman–Crippen MR) is 124 cm³/mol. The summed E-state index contributed by atoms with van der Waals surface area (Å²) in [4.78, 5) is 6.87. The number of aromatic nitrogens is 5. The minimum Gasteiger partial charge on any atom is -0.320 e. The molecule has 0 aliphatic carbocycles. The molecule has 1 atom stereocenters. The van der Waals surface area contributed by atoms with Crippen molar-refractivity contribution in [3.63, 3.8) is 0 Å². The second kappa shape index (κ2) is 8.01. The monoisotopic (exact) mass is 430 g/mol. The van der Waals surface area contributed by atoms with Crippen LogP contribution in [0, 0.1) is 6.92 Å². The van der Waals surface area contributed by atoms with Crippen molar-refractivity contribution in [1.82, 2.24) is 25.6 Å². The molecule has 0 fully saturated rings. The lowest BCUT2D eigenvalue weighted by Gasteiger charge is -2.28. The van der Waals surface area contributed by atoms with E-state index in [1.807, 2.05) is 35.5 Å². The quantitative estimate of drug-likeness (QED) is 0.464. The van der Waals surface area contributed by atoms with E-state index in [4.69, 9.17) is 5.84 Å². The van der Waals surface area contributed by atoms with Crippen LogP contribution in [-0.2, 0) is 6.54 Å². The normalized spacial score (nSPS) is 15.4. The molecule has 1 aliphatic rings. The number of fused-ring (bicyclic) bond motifs is 1. The average Bonchev–Trinajstić information content (AvgIpc) is 3.42. The number of pyridine rings is 1. The van der Waals surface area contributed by atoms with Crippen molar-refractivity contribution < 1.29 is 0 Å². The van der Waals surface area contributed by atoms with Gasteiger partial charge in [-0.15, -0.1) is 16.9 Å². The van der Waals surface area contributed by atoms with Crippen LogP contribution in [-0.4, -0.2) is 37.4 Å². The summed E-state index contributed by atoms with van der Waals surface area (Å²) in [5, 5.41) is 16.1. The lowest BCUT2D eigenvalue weighted by Crippen LogP contribution is -2.44. The third-order valence-corrected chi connectivity index (χ3v) is 6.40. The van der Waals surface area contributed by atoms with Gasteiger partial charge in [0.25, 0.3) is 0 Å². The van der Waals surface area contributed by atoms with Crippen LogP contribution in [0.25, 0.3) is 22.5 Å². The molecule has 0 saturated heterocycles. The van der Waals surface area contributed by atoms with Gasteiger partial charge in [-0.25, -0.2) is 15.9 Å². The van der Waals surface area contributed by atoms with E-state index in [0.717, 1.165) is 40.3 Å². The maximum absolute atomic E-state index is 6.42. The number of tetrazole rings is 1. The maximum Gasteiger partial charge on any atom is 0.180 e. The van der Waals surface area contributed by atoms with Gasteiger partial charge in [0, 0.05) is 18.3 Å². The molecule has 4 aromatic rings. The van der Waals surface area contributed by atoms with E-state index in [1.165, 1.54) is 5.56 Å². The van der Waals surface area contributed by atoms with Gasteiger partial charge in [0.05, 0.1) is 0 Å². The Hall–Kier alpha value is -3.43. The Bertz CT molecular complexity index is 1190. The highest BCUT2D eigenvalue weighted by Crippen LogP contribution is 2.42. The molecule has 1 aliphatic heterocycles. The zero-order chi connectivity index (χ0) is 21.4. The van der Waals surface area contributed by atoms with Gasteiger partial charge >= 0.3 is 0 Å². The molecule has 0 spiro atoms. The first-order chi connectivity index (χ1) is 15.2. The molecule has 2 aromatic heterocycles. The fourth-order valence-electron chi connectivity index (χ4n) is 4.03. The number of benzene rings is 2. The van der Waals surface area contributed by atoms with Crippen molar-refractivity contribution in [3.05, 3.63) is 71.9 Å². The first-order valence-corrected chi connectivity index (χ1v) is 11.2. The number of nitrogens with zero attached hydrogens (tertiary/aromatic N) is 6. The highest BCUT2D eigenvalue weighted by atomic mass is 32.2. The minimum absolute atomic E-state index is 0.00274. The Labute approximate surface area is 184 Å². The van der Waals surface area contributed by atoms with E-state index in [-0.39, 0.29) is 5.50 Å². The van der Waals surface area contributed by atoms with Crippen molar-refractivity contribution in [2.75, 3.05) is 16.2 Å². The van der Waals surface area contributed by atoms with Gasteiger partial charge in [-0.2, -0.15) is 0 Å². The summed E-state index contributed by atoms with van der Waals surface area (Å²) >= 11 is 1.70. The standard InChI is InChI=1S/C22H22N8S/c1-14-11-12-24-21-19(14)30(23)22(31-2)29(21)13-15-7-9-16(10-8-15)17-5-3-4-6-18(17)20-25-27-28-26-20/h3-12,22H,13,23H2,1-2H3,(H,25,26,27,28). The van der Waals surface area contributed by atoms with E-state index in [0.29, 0.717) is 5.82 Å². The van der Waals surface area contributed by atoms with Crippen molar-refractivity contribution in [2.45, 2.75) is 19.0 Å². The molecule has 3 heterocycles. The van der Waals surface area contributed by atoms with E-state index in [2.05, 4.69) is 74.0 Å². The first kappa shape index (κ1) is 19.5. The van der Waals surface area contributed by atoms with Crippen molar-refractivity contribution in [2.24, 2.45) is 5.84 Å². The molecule has 1 unspecified atom stereocenters. The molecule has 3 N–H and O–H groups in total. The van der Waals surface area contributed by atoms with Crippen molar-refractivity contribution in [3.8, 4) is 22.5 Å². The number of hydrogen-bond donors (Lipinski definition) is 2. The molecular weight excluding hydrogens is 408 g/mol. The van der Waals surface area contributed by atoms with Gasteiger partial charge in [-0.05, 0) is 51.9 Å². The van der Waals surface area contributed by atoms with Crippen LogP contribution in [0.5, 0.6) is 0 Å². The van der Waals surface area contributed by atoms with E-state index < -0.39 is 0 Å². The summed E-state index contributed by atoms with van der Waals surface area (Å²) in [7, 11) is 0. The second-order valence-electron chi connectivity index (χ2n) is 7.39. The lowest BCUT2D eigenvalue weighted by atomic mass is 9.98. The molecular formula is C22H22N8S. The van der Waals surface area contributed by atoms with E-state index in [9.17, 15) is 0 Å². The maximum atomic E-state index is 6.42. The van der Waals surface area contributed by atoms with Crippen LogP contribution in [0.1, 0.15) is 11.1 Å². The third kappa shape index (κ3) is 3.41. The van der Waals surface area contributed by atoms with Gasteiger partial charge in [-0.3, -0.25) is 5.01 Å². The van der Waals surface area contributed by atoms with Crippen LogP contribution in [0.4, 0.5) is 11.5 Å². The Morgan fingerprint density at radius 2 is 1.84 bits per heavy atom. The van der Waals surface area contributed by atoms with Crippen LogP contribution in [0.2, 0.25) is 0 Å². The Morgan fingerprint density at radius 3 is 2.55 bits per heavy atom. The lowest BCUT2D eigenvalue weighted by molar-refractivity contribution is 0.740. The molecule has 0 saturated carbocycles. The molecule has 0 bridgehead atoms. The first-order valence-electron chi connectivity index (χ1n) is 9.89. The van der Waals surface area contributed by atoms with Crippen LogP contribution >= 0.6 is 11.8 Å². The Morgan fingerprint density at radius 1 is 1.06 bits per heavy atom. The summed E-state index contributed by atoms with van der Waals surface area (Å²) in [6.45, 7) is 2.79. The van der Waals surface area contributed by atoms with Gasteiger partial charge in [0.1, 0.15) is 5.69 Å². The number of nitrogens with two attached hydrogens (primary N) is 1. The number of rotatable bonds is 5. The second-order valence-corrected chi connectivity index (χ2v) is 8.28. The molecule has 2 aromatic carbocycles. The smallest absolute Gasteiger partial charge is 0.180 e. The number of H-pyrrole nitrogens is 1. The zero-order valence-electron chi connectivity index (χ0n) is 17.2. The largest absolute Gasteiger partial charge is 0.320 e. The highest BCUT2D eigenvalue weighted by molar-refractivity contribution is 7.99. The average molecular weight is 431 g/mol. The summed E-state index contributed by atoms with van der Waals surface area (Å²) in [6.07, 6.45) is 3.91. The van der Waals surface area contributed by atoms with Gasteiger partial charge in [-0.1, -0.05) is 48.5 Å². The number of hydrogen-bond acceptors (Lipinski definition) is 8. The van der Waals surface area contributed by atoms with Crippen molar-refractivity contribution in [1.29, 1.82) is 0 Å². The predicted octanol–water partition coefficient (Wildman–Crippen LogP) is 3.58. The van der Waals surface area contributed by atoms with Gasteiger partial charge in [0.2, 0.25) is 0 Å². The highest BCUT2D eigenvalue weighted by Gasteiger charge is 2.36. The number of nitrogens with one attached hydrogen (secondary N) is 1. The molecule has 0 amide bonds. The fraction of sp³-hybridized carbons (Fsp3) is 0.182. The van der Waals surface area contributed by atoms with Crippen molar-refractivity contribution >= 4 is 23.3 Å². The van der Waals surface area contributed by atoms with Crippen LogP contribution < -0.4 is 15.8 Å². The third-order valence-electron chi connectivity index (χ3n) is 5.50. The van der Waals surface area contributed by atoms with Crippen LogP contribution in [0.3, 0.4) is 0 Å². The number of hydrazine groups is 1.